The zero-order valence-corrected chi connectivity index (χ0v) is 11.5. The third-order valence-electron chi connectivity index (χ3n) is 4.39. The maximum absolute atomic E-state index is 12.5. The second kappa shape index (κ2) is 4.41. The molecule has 1 fully saturated rings. The van der Waals surface area contributed by atoms with E-state index in [1.165, 1.54) is 12.8 Å². The number of nitrogens with one attached hydrogen (secondary N) is 2. The lowest BCUT2D eigenvalue weighted by molar-refractivity contribution is 0.0911. The number of H-pyrrole nitrogens is 1. The summed E-state index contributed by atoms with van der Waals surface area (Å²) < 4.78 is 0. The van der Waals surface area contributed by atoms with Crippen LogP contribution in [-0.2, 0) is 0 Å². The Morgan fingerprint density at radius 3 is 2.95 bits per heavy atom. The topological polar surface area (TPSA) is 44.9 Å². The number of carbonyl (C=O) groups excluding carboxylic acids is 1. The van der Waals surface area contributed by atoms with E-state index in [1.807, 2.05) is 30.5 Å². The van der Waals surface area contributed by atoms with E-state index in [0.717, 1.165) is 22.9 Å². The van der Waals surface area contributed by atoms with Crippen molar-refractivity contribution in [2.24, 2.45) is 5.41 Å². The van der Waals surface area contributed by atoms with Gasteiger partial charge < -0.3 is 10.3 Å². The van der Waals surface area contributed by atoms with E-state index in [0.29, 0.717) is 0 Å². The number of carbonyl (C=O) groups is 1. The maximum atomic E-state index is 12.5. The van der Waals surface area contributed by atoms with Crippen LogP contribution in [0.1, 0.15) is 43.5 Å². The summed E-state index contributed by atoms with van der Waals surface area (Å²) in [5.74, 6) is 0.0352. The summed E-state index contributed by atoms with van der Waals surface area (Å²) in [5.41, 5.74) is 1.88. The standard InChI is InChI=1S/C16H20N2O/c1-16(2)9-4-7-13(16)18-15(19)12-6-3-5-11-8-10-17-14(11)12/h3,5-6,8,10,13,17H,4,7,9H2,1-2H3,(H,18,19). The fourth-order valence-electron chi connectivity index (χ4n) is 3.10. The highest BCUT2D eigenvalue weighted by molar-refractivity contribution is 6.05. The predicted molar refractivity (Wildman–Crippen MR) is 77.2 cm³/mol. The van der Waals surface area contributed by atoms with Crippen LogP contribution in [0.25, 0.3) is 10.9 Å². The number of hydrogen-bond donors (Lipinski definition) is 2. The van der Waals surface area contributed by atoms with Crippen LogP contribution in [-0.4, -0.2) is 16.9 Å². The smallest absolute Gasteiger partial charge is 0.253 e. The van der Waals surface area contributed by atoms with Crippen LogP contribution in [0.3, 0.4) is 0 Å². The highest BCUT2D eigenvalue weighted by Gasteiger charge is 2.35. The molecule has 1 aliphatic carbocycles. The number of aromatic nitrogens is 1. The Bertz CT molecular complexity index is 612. The molecule has 2 N–H and O–H groups in total. The Kier molecular flexibility index (Phi) is 2.85. The Labute approximate surface area is 113 Å². The Morgan fingerprint density at radius 1 is 1.37 bits per heavy atom. The molecule has 3 rings (SSSR count). The highest BCUT2D eigenvalue weighted by atomic mass is 16.1. The second-order valence-corrected chi connectivity index (χ2v) is 6.15. The van der Waals surface area contributed by atoms with Gasteiger partial charge in [-0.1, -0.05) is 32.4 Å². The van der Waals surface area contributed by atoms with E-state index < -0.39 is 0 Å². The van der Waals surface area contributed by atoms with Gasteiger partial charge in [0.15, 0.2) is 0 Å². The zero-order chi connectivity index (χ0) is 13.5. The molecule has 2 aromatic rings. The number of hydrogen-bond acceptors (Lipinski definition) is 1. The monoisotopic (exact) mass is 256 g/mol. The predicted octanol–water partition coefficient (Wildman–Crippen LogP) is 3.48. The molecule has 1 heterocycles. The van der Waals surface area contributed by atoms with Gasteiger partial charge in [0.25, 0.3) is 5.91 Å². The van der Waals surface area contributed by atoms with E-state index in [9.17, 15) is 4.79 Å². The SMILES string of the molecule is CC1(C)CCCC1NC(=O)c1cccc2cc[nH]c12. The molecule has 0 bridgehead atoms. The van der Waals surface area contributed by atoms with Gasteiger partial charge in [-0.3, -0.25) is 4.79 Å². The van der Waals surface area contributed by atoms with Crippen molar-refractivity contribution >= 4 is 16.8 Å². The minimum absolute atomic E-state index is 0.0352. The van der Waals surface area contributed by atoms with Gasteiger partial charge in [-0.25, -0.2) is 0 Å². The third-order valence-corrected chi connectivity index (χ3v) is 4.39. The Morgan fingerprint density at radius 2 is 2.21 bits per heavy atom. The van der Waals surface area contributed by atoms with Crippen LogP contribution >= 0.6 is 0 Å². The molecule has 100 valence electrons. The van der Waals surface area contributed by atoms with Crippen molar-refractivity contribution in [3.63, 3.8) is 0 Å². The molecule has 19 heavy (non-hydrogen) atoms. The maximum Gasteiger partial charge on any atom is 0.253 e. The molecule has 0 aliphatic heterocycles. The lowest BCUT2D eigenvalue weighted by Crippen LogP contribution is -2.41. The molecule has 1 unspecified atom stereocenters. The van der Waals surface area contributed by atoms with Crippen molar-refractivity contribution in [1.82, 2.24) is 10.3 Å². The number of amides is 1. The van der Waals surface area contributed by atoms with Gasteiger partial charge in [0, 0.05) is 17.6 Å². The molecule has 1 aromatic carbocycles. The first kappa shape index (κ1) is 12.3. The van der Waals surface area contributed by atoms with Gasteiger partial charge >= 0.3 is 0 Å². The average molecular weight is 256 g/mol. The number of rotatable bonds is 2. The Balaban J connectivity index is 1.86. The van der Waals surface area contributed by atoms with Crippen LogP contribution in [0.2, 0.25) is 0 Å². The van der Waals surface area contributed by atoms with Gasteiger partial charge in [0.1, 0.15) is 0 Å². The van der Waals surface area contributed by atoms with Crippen LogP contribution in [0.5, 0.6) is 0 Å². The molecule has 1 amide bonds. The molecule has 3 heteroatoms. The lowest BCUT2D eigenvalue weighted by Gasteiger charge is -2.27. The molecule has 3 nitrogen and oxygen atoms in total. The molecule has 0 spiro atoms. The molecule has 1 aliphatic rings. The van der Waals surface area contributed by atoms with Crippen LogP contribution < -0.4 is 5.32 Å². The summed E-state index contributed by atoms with van der Waals surface area (Å²) in [4.78, 5) is 15.6. The van der Waals surface area contributed by atoms with Gasteiger partial charge in [-0.05, 0) is 30.4 Å². The third kappa shape index (κ3) is 2.14. The molecule has 1 saturated carbocycles. The second-order valence-electron chi connectivity index (χ2n) is 6.15. The van der Waals surface area contributed by atoms with Crippen molar-refractivity contribution in [3.05, 3.63) is 36.0 Å². The van der Waals surface area contributed by atoms with Crippen molar-refractivity contribution in [2.45, 2.75) is 39.2 Å². The molecule has 0 radical (unpaired) electrons. The number of para-hydroxylation sites is 1. The summed E-state index contributed by atoms with van der Waals surface area (Å²) in [6.45, 7) is 4.47. The molecule has 1 atom stereocenters. The van der Waals surface area contributed by atoms with Gasteiger partial charge in [0.05, 0.1) is 11.1 Å². The van der Waals surface area contributed by atoms with Crippen molar-refractivity contribution in [3.8, 4) is 0 Å². The minimum atomic E-state index is 0.0352. The highest BCUT2D eigenvalue weighted by Crippen LogP contribution is 2.37. The molecular formula is C16H20N2O. The lowest BCUT2D eigenvalue weighted by atomic mass is 9.87. The summed E-state index contributed by atoms with van der Waals surface area (Å²) in [5, 5.41) is 4.29. The van der Waals surface area contributed by atoms with Gasteiger partial charge in [0.2, 0.25) is 0 Å². The largest absolute Gasteiger partial charge is 0.361 e. The Hall–Kier alpha value is -1.77. The number of fused-ring (bicyclic) bond motifs is 1. The van der Waals surface area contributed by atoms with E-state index >= 15 is 0 Å². The first-order valence-electron chi connectivity index (χ1n) is 6.95. The van der Waals surface area contributed by atoms with Crippen LogP contribution in [0.15, 0.2) is 30.5 Å². The fraction of sp³-hybridized carbons (Fsp3) is 0.438. The quantitative estimate of drug-likeness (QED) is 0.849. The van der Waals surface area contributed by atoms with Crippen LogP contribution in [0, 0.1) is 5.41 Å². The van der Waals surface area contributed by atoms with Crippen molar-refractivity contribution in [1.29, 1.82) is 0 Å². The molecule has 1 aromatic heterocycles. The van der Waals surface area contributed by atoms with Crippen molar-refractivity contribution in [2.75, 3.05) is 0 Å². The first-order chi connectivity index (χ1) is 9.08. The minimum Gasteiger partial charge on any atom is -0.361 e. The number of aromatic amines is 1. The summed E-state index contributed by atoms with van der Waals surface area (Å²) in [6, 6.07) is 8.11. The molecular weight excluding hydrogens is 236 g/mol. The van der Waals surface area contributed by atoms with E-state index in [1.54, 1.807) is 0 Å². The molecule has 0 saturated heterocycles. The normalized spacial score (nSPS) is 21.7. The van der Waals surface area contributed by atoms with E-state index in [4.69, 9.17) is 0 Å². The first-order valence-corrected chi connectivity index (χ1v) is 6.95. The van der Waals surface area contributed by atoms with Gasteiger partial charge in [-0.15, -0.1) is 0 Å². The van der Waals surface area contributed by atoms with E-state index in [2.05, 4.69) is 24.1 Å². The summed E-state index contributed by atoms with van der Waals surface area (Å²) >= 11 is 0. The number of benzene rings is 1. The van der Waals surface area contributed by atoms with Crippen molar-refractivity contribution < 1.29 is 4.79 Å². The fourth-order valence-corrected chi connectivity index (χ4v) is 3.10. The average Bonchev–Trinajstić information content (AvgIpc) is 2.96. The van der Waals surface area contributed by atoms with Crippen LogP contribution in [0.4, 0.5) is 0 Å². The summed E-state index contributed by atoms with van der Waals surface area (Å²) in [7, 11) is 0. The summed E-state index contributed by atoms with van der Waals surface area (Å²) in [6.07, 6.45) is 5.34. The van der Waals surface area contributed by atoms with Gasteiger partial charge in [-0.2, -0.15) is 0 Å². The van der Waals surface area contributed by atoms with E-state index in [-0.39, 0.29) is 17.4 Å². The zero-order valence-electron chi connectivity index (χ0n) is 11.5.